The van der Waals surface area contributed by atoms with E-state index in [1.54, 1.807) is 14.1 Å². The minimum Gasteiger partial charge on any atom is -0.344 e. The van der Waals surface area contributed by atoms with Crippen LogP contribution >= 0.6 is 11.3 Å². The third kappa shape index (κ3) is 5.35. The first-order valence-corrected chi connectivity index (χ1v) is 10.2. The van der Waals surface area contributed by atoms with E-state index < -0.39 is 41.0 Å². The second kappa shape index (κ2) is 9.04. The van der Waals surface area contributed by atoms with Gasteiger partial charge in [-0.3, -0.25) is 9.59 Å². The molecule has 2 aromatic heterocycles. The van der Waals surface area contributed by atoms with Crippen LogP contribution in [-0.2, 0) is 12.4 Å². The van der Waals surface area contributed by atoms with E-state index in [0.717, 1.165) is 17.7 Å². The molecule has 0 unspecified atom stereocenters. The summed E-state index contributed by atoms with van der Waals surface area (Å²) in [4.78, 5) is 34.3. The van der Waals surface area contributed by atoms with E-state index in [4.69, 9.17) is 0 Å². The summed E-state index contributed by atoms with van der Waals surface area (Å²) in [5.74, 6) is -1.40. The summed E-state index contributed by atoms with van der Waals surface area (Å²) in [7, 11) is 3.11. The number of thiazole rings is 1. The summed E-state index contributed by atoms with van der Waals surface area (Å²) >= 11 is 0.979. The van der Waals surface area contributed by atoms with Gasteiger partial charge in [0.1, 0.15) is 11.2 Å². The SMILES string of the molecule is C[C@H](NC(=O)c1cc(C(F)(F)F)cc(C(F)(F)F)c1)c1ncnn1-c1ncc(C(=O)N(C)C)s1. The number of rotatable bonds is 5. The van der Waals surface area contributed by atoms with Gasteiger partial charge in [-0.25, -0.2) is 9.97 Å². The number of carbonyl (C=O) groups is 2. The molecular weight excluding hydrogens is 490 g/mol. The van der Waals surface area contributed by atoms with Gasteiger partial charge in [-0.05, 0) is 25.1 Å². The zero-order valence-corrected chi connectivity index (χ0v) is 18.5. The molecule has 0 saturated carbocycles. The van der Waals surface area contributed by atoms with E-state index >= 15 is 0 Å². The summed E-state index contributed by atoms with van der Waals surface area (Å²) < 4.78 is 79.7. The van der Waals surface area contributed by atoms with Gasteiger partial charge >= 0.3 is 12.4 Å². The first kappa shape index (κ1) is 25.1. The number of hydrogen-bond acceptors (Lipinski definition) is 6. The van der Waals surface area contributed by atoms with Gasteiger partial charge in [0.25, 0.3) is 11.8 Å². The molecule has 15 heteroatoms. The van der Waals surface area contributed by atoms with Crippen LogP contribution in [0.4, 0.5) is 26.3 Å². The van der Waals surface area contributed by atoms with E-state index in [1.165, 1.54) is 22.7 Å². The maximum Gasteiger partial charge on any atom is 0.416 e. The molecule has 0 aliphatic rings. The monoisotopic (exact) mass is 506 g/mol. The van der Waals surface area contributed by atoms with Crippen molar-refractivity contribution in [2.24, 2.45) is 0 Å². The standard InChI is InChI=1S/C19H16F6N6O2S/c1-9(14-27-8-28-31(14)17-26-7-13(34-17)16(33)30(2)3)29-15(32)10-4-11(18(20,21)22)6-12(5-10)19(23,24)25/h4-9H,1-3H3,(H,29,32)/t9-/m0/s1. The minimum absolute atomic E-state index is 0.0636. The fourth-order valence-corrected chi connectivity index (χ4v) is 3.71. The molecule has 0 spiro atoms. The van der Waals surface area contributed by atoms with Crippen molar-refractivity contribution >= 4 is 23.2 Å². The fraction of sp³-hybridized carbons (Fsp3) is 0.316. The number of hydrogen-bond donors (Lipinski definition) is 1. The van der Waals surface area contributed by atoms with Gasteiger partial charge in [-0.1, -0.05) is 11.3 Å². The average Bonchev–Trinajstić information content (AvgIpc) is 3.40. The summed E-state index contributed by atoms with van der Waals surface area (Å²) in [6.07, 6.45) is -7.74. The Kier molecular flexibility index (Phi) is 6.68. The summed E-state index contributed by atoms with van der Waals surface area (Å²) in [6, 6.07) is -0.383. The van der Waals surface area contributed by atoms with E-state index in [0.29, 0.717) is 17.0 Å². The largest absolute Gasteiger partial charge is 0.416 e. The first-order chi connectivity index (χ1) is 15.7. The van der Waals surface area contributed by atoms with Gasteiger partial charge in [-0.15, -0.1) is 0 Å². The highest BCUT2D eigenvalue weighted by molar-refractivity contribution is 7.16. The van der Waals surface area contributed by atoms with Gasteiger partial charge in [0, 0.05) is 19.7 Å². The highest BCUT2D eigenvalue weighted by Crippen LogP contribution is 2.36. The molecule has 2 amide bonds. The number of aromatic nitrogens is 4. The number of halogens is 6. The Hall–Kier alpha value is -3.49. The van der Waals surface area contributed by atoms with Crippen molar-refractivity contribution in [3.05, 3.63) is 58.1 Å². The van der Waals surface area contributed by atoms with Crippen molar-refractivity contribution in [1.82, 2.24) is 30.0 Å². The number of nitrogens with zero attached hydrogens (tertiary/aromatic N) is 5. The number of carbonyl (C=O) groups excluding carboxylic acids is 2. The first-order valence-electron chi connectivity index (χ1n) is 9.36. The molecule has 1 atom stereocenters. The molecule has 182 valence electrons. The van der Waals surface area contributed by atoms with Crippen LogP contribution in [0.1, 0.15) is 49.9 Å². The van der Waals surface area contributed by atoms with Gasteiger partial charge in [0.05, 0.1) is 23.4 Å². The van der Waals surface area contributed by atoms with Crippen LogP contribution in [0.5, 0.6) is 0 Å². The van der Waals surface area contributed by atoms with E-state index in [2.05, 4.69) is 20.4 Å². The van der Waals surface area contributed by atoms with Gasteiger partial charge in [0.2, 0.25) is 5.13 Å². The maximum atomic E-state index is 13.1. The highest BCUT2D eigenvalue weighted by Gasteiger charge is 2.37. The quantitative estimate of drug-likeness (QED) is 0.529. The molecule has 0 radical (unpaired) electrons. The van der Waals surface area contributed by atoms with Crippen LogP contribution in [0.15, 0.2) is 30.7 Å². The Morgan fingerprint density at radius 3 is 2.15 bits per heavy atom. The van der Waals surface area contributed by atoms with Crippen LogP contribution < -0.4 is 5.32 Å². The number of amides is 2. The van der Waals surface area contributed by atoms with Crippen molar-refractivity contribution in [1.29, 1.82) is 0 Å². The molecule has 0 aliphatic heterocycles. The lowest BCUT2D eigenvalue weighted by atomic mass is 10.0. The molecule has 0 bridgehead atoms. The molecule has 34 heavy (non-hydrogen) atoms. The normalized spacial score (nSPS) is 13.0. The van der Waals surface area contributed by atoms with Crippen LogP contribution in [0.25, 0.3) is 5.13 Å². The van der Waals surface area contributed by atoms with Gasteiger partial charge in [-0.2, -0.15) is 36.1 Å². The third-order valence-corrected chi connectivity index (χ3v) is 5.41. The van der Waals surface area contributed by atoms with Crippen molar-refractivity contribution in [3.8, 4) is 5.13 Å². The second-order valence-corrected chi connectivity index (χ2v) is 8.24. The van der Waals surface area contributed by atoms with Crippen molar-refractivity contribution in [2.75, 3.05) is 14.1 Å². The molecule has 0 saturated heterocycles. The lowest BCUT2D eigenvalue weighted by Gasteiger charge is -2.16. The Labute approximate surface area is 192 Å². The average molecular weight is 506 g/mol. The zero-order chi connectivity index (χ0) is 25.4. The molecule has 0 fully saturated rings. The Balaban J connectivity index is 1.88. The van der Waals surface area contributed by atoms with Crippen LogP contribution in [0, 0.1) is 0 Å². The smallest absolute Gasteiger partial charge is 0.344 e. The van der Waals surface area contributed by atoms with E-state index in [9.17, 15) is 35.9 Å². The lowest BCUT2D eigenvalue weighted by molar-refractivity contribution is -0.143. The Morgan fingerprint density at radius 1 is 1.03 bits per heavy atom. The summed E-state index contributed by atoms with van der Waals surface area (Å²) in [6.45, 7) is 1.41. The third-order valence-electron chi connectivity index (χ3n) is 4.45. The Bertz CT molecular complexity index is 1180. The minimum atomic E-state index is -5.09. The number of benzene rings is 1. The maximum absolute atomic E-state index is 13.1. The number of nitrogens with one attached hydrogen (secondary N) is 1. The predicted octanol–water partition coefficient (Wildman–Crippen LogP) is 3.95. The zero-order valence-electron chi connectivity index (χ0n) is 17.7. The highest BCUT2D eigenvalue weighted by atomic mass is 32.1. The van der Waals surface area contributed by atoms with Gasteiger partial charge in [0.15, 0.2) is 5.82 Å². The lowest BCUT2D eigenvalue weighted by Crippen LogP contribution is -2.29. The second-order valence-electron chi connectivity index (χ2n) is 7.23. The molecule has 0 aliphatic carbocycles. The summed E-state index contributed by atoms with van der Waals surface area (Å²) in [5, 5.41) is 6.52. The van der Waals surface area contributed by atoms with Crippen molar-refractivity contribution in [2.45, 2.75) is 25.3 Å². The Morgan fingerprint density at radius 2 is 1.62 bits per heavy atom. The molecule has 8 nitrogen and oxygen atoms in total. The molecule has 3 aromatic rings. The van der Waals surface area contributed by atoms with E-state index in [1.807, 2.05) is 0 Å². The van der Waals surface area contributed by atoms with Gasteiger partial charge < -0.3 is 10.2 Å². The number of alkyl halides is 6. The molecule has 2 heterocycles. The topological polar surface area (TPSA) is 93.0 Å². The molecular formula is C19H16F6N6O2S. The van der Waals surface area contributed by atoms with Crippen molar-refractivity contribution in [3.63, 3.8) is 0 Å². The van der Waals surface area contributed by atoms with E-state index in [-0.39, 0.29) is 22.9 Å². The van der Waals surface area contributed by atoms with Crippen LogP contribution in [0.2, 0.25) is 0 Å². The fourth-order valence-electron chi connectivity index (χ4n) is 2.81. The van der Waals surface area contributed by atoms with Crippen LogP contribution in [-0.4, -0.2) is 50.6 Å². The van der Waals surface area contributed by atoms with Crippen LogP contribution in [0.3, 0.4) is 0 Å². The van der Waals surface area contributed by atoms with Crippen molar-refractivity contribution < 1.29 is 35.9 Å². The molecule has 3 rings (SSSR count). The molecule has 1 aromatic carbocycles. The molecule has 1 N–H and O–H groups in total. The predicted molar refractivity (Wildman–Crippen MR) is 107 cm³/mol. The summed E-state index contributed by atoms with van der Waals surface area (Å²) in [5.41, 5.74) is -4.04.